The Morgan fingerprint density at radius 1 is 1.40 bits per heavy atom. The number of hydrogen-bond acceptors (Lipinski definition) is 6. The zero-order valence-corrected chi connectivity index (χ0v) is 12.5. The molecule has 0 aliphatic rings. The molecule has 2 rings (SSSR count). The van der Waals surface area contributed by atoms with Gasteiger partial charge in [0.1, 0.15) is 16.7 Å². The van der Waals surface area contributed by atoms with Crippen LogP contribution in [0.2, 0.25) is 0 Å². The minimum atomic E-state index is -0.174. The van der Waals surface area contributed by atoms with E-state index in [0.717, 1.165) is 23.2 Å². The molecule has 0 radical (unpaired) electrons. The number of hydrogen-bond donors (Lipinski definition) is 2. The molecule has 106 valence electrons. The second-order valence-corrected chi connectivity index (χ2v) is 5.49. The molecule has 0 aliphatic carbocycles. The van der Waals surface area contributed by atoms with E-state index < -0.39 is 0 Å². The van der Waals surface area contributed by atoms with E-state index in [4.69, 9.17) is 0 Å². The van der Waals surface area contributed by atoms with Crippen molar-refractivity contribution in [2.45, 2.75) is 36.9 Å². The summed E-state index contributed by atoms with van der Waals surface area (Å²) in [4.78, 5) is 27.0. The zero-order chi connectivity index (χ0) is 14.5. The minimum absolute atomic E-state index is 0.174. The highest BCUT2D eigenvalue weighted by atomic mass is 32.2. The van der Waals surface area contributed by atoms with E-state index in [2.05, 4.69) is 25.3 Å². The van der Waals surface area contributed by atoms with Gasteiger partial charge in [0.15, 0.2) is 5.16 Å². The van der Waals surface area contributed by atoms with Gasteiger partial charge in [-0.25, -0.2) is 15.0 Å². The number of aromatic nitrogens is 4. The van der Waals surface area contributed by atoms with Crippen LogP contribution in [0.25, 0.3) is 0 Å². The van der Waals surface area contributed by atoms with E-state index in [1.54, 1.807) is 0 Å². The first-order chi connectivity index (χ1) is 9.58. The third-order valence-corrected chi connectivity index (χ3v) is 3.26. The fourth-order valence-electron chi connectivity index (χ4n) is 1.53. The lowest BCUT2D eigenvalue weighted by Gasteiger charge is -2.10. The number of nitrogens with one attached hydrogen (secondary N) is 2. The summed E-state index contributed by atoms with van der Waals surface area (Å²) in [6, 6.07) is 3.24. The zero-order valence-electron chi connectivity index (χ0n) is 11.7. The van der Waals surface area contributed by atoms with E-state index in [-0.39, 0.29) is 11.5 Å². The van der Waals surface area contributed by atoms with Crippen molar-refractivity contribution >= 4 is 17.6 Å². The summed E-state index contributed by atoms with van der Waals surface area (Å²) in [5, 5.41) is 4.46. The summed E-state index contributed by atoms with van der Waals surface area (Å²) >= 11 is 1.32. The largest absolute Gasteiger partial charge is 0.370 e. The first kappa shape index (κ1) is 14.5. The third-order valence-electron chi connectivity index (χ3n) is 2.44. The molecule has 2 heterocycles. The summed E-state index contributed by atoms with van der Waals surface area (Å²) in [6.07, 6.45) is 1.48. The van der Waals surface area contributed by atoms with Crippen LogP contribution in [0.15, 0.2) is 33.3 Å². The molecule has 20 heavy (non-hydrogen) atoms. The number of nitrogens with zero attached hydrogens (tertiary/aromatic N) is 3. The summed E-state index contributed by atoms with van der Waals surface area (Å²) in [6.45, 7) is 6.89. The Balaban J connectivity index is 2.32. The molecule has 7 heteroatoms. The van der Waals surface area contributed by atoms with Crippen LogP contribution in [-0.2, 0) is 0 Å². The maximum Gasteiger partial charge on any atom is 0.251 e. The van der Waals surface area contributed by atoms with Gasteiger partial charge in [-0.2, -0.15) is 0 Å². The van der Waals surface area contributed by atoms with Gasteiger partial charge in [0.05, 0.1) is 0 Å². The molecule has 0 saturated carbocycles. The van der Waals surface area contributed by atoms with Crippen molar-refractivity contribution in [2.24, 2.45) is 0 Å². The molecule has 0 aliphatic heterocycles. The Morgan fingerprint density at radius 2 is 2.20 bits per heavy atom. The molecule has 0 atom stereocenters. The third kappa shape index (κ3) is 3.80. The highest BCUT2D eigenvalue weighted by Crippen LogP contribution is 2.25. The molecule has 0 aromatic carbocycles. The fraction of sp³-hybridized carbons (Fsp3) is 0.385. The van der Waals surface area contributed by atoms with Crippen molar-refractivity contribution in [1.82, 2.24) is 19.9 Å². The smallest absolute Gasteiger partial charge is 0.251 e. The van der Waals surface area contributed by atoms with E-state index >= 15 is 0 Å². The van der Waals surface area contributed by atoms with Crippen LogP contribution in [0.5, 0.6) is 0 Å². The van der Waals surface area contributed by atoms with Gasteiger partial charge in [0.2, 0.25) is 0 Å². The minimum Gasteiger partial charge on any atom is -0.370 e. The Morgan fingerprint density at radius 3 is 2.85 bits per heavy atom. The summed E-state index contributed by atoms with van der Waals surface area (Å²) < 4.78 is 0. The van der Waals surface area contributed by atoms with Crippen LogP contribution in [-0.4, -0.2) is 26.5 Å². The van der Waals surface area contributed by atoms with Crippen LogP contribution in [0.4, 0.5) is 5.82 Å². The van der Waals surface area contributed by atoms with Gasteiger partial charge in [-0.05, 0) is 18.7 Å². The maximum atomic E-state index is 11.3. The van der Waals surface area contributed by atoms with Crippen LogP contribution < -0.4 is 10.9 Å². The van der Waals surface area contributed by atoms with Crippen LogP contribution in [0.1, 0.15) is 32.5 Å². The molecular formula is C13H17N5OS. The van der Waals surface area contributed by atoms with E-state index in [9.17, 15) is 4.79 Å². The standard InChI is InChI=1S/C13H17N5OS/c1-4-14-9-7-11(18-12(16-9)8(2)3)20-13-15-6-5-10(19)17-13/h5-8H,4H2,1-3H3,(H,14,16,18)(H,15,17,19). The lowest BCUT2D eigenvalue weighted by atomic mass is 10.2. The molecule has 2 aromatic heterocycles. The highest BCUT2D eigenvalue weighted by molar-refractivity contribution is 7.99. The summed E-state index contributed by atoms with van der Waals surface area (Å²) in [7, 11) is 0. The average Bonchev–Trinajstić information content (AvgIpc) is 2.38. The first-order valence-electron chi connectivity index (χ1n) is 6.44. The Hall–Kier alpha value is -1.89. The maximum absolute atomic E-state index is 11.3. The van der Waals surface area contributed by atoms with Crippen LogP contribution >= 0.6 is 11.8 Å². The van der Waals surface area contributed by atoms with E-state index in [1.165, 1.54) is 24.0 Å². The van der Waals surface area contributed by atoms with Crippen molar-refractivity contribution in [1.29, 1.82) is 0 Å². The van der Waals surface area contributed by atoms with Crippen molar-refractivity contribution in [3.8, 4) is 0 Å². The summed E-state index contributed by atoms with van der Waals surface area (Å²) in [5.74, 6) is 1.78. The van der Waals surface area contributed by atoms with Gasteiger partial charge >= 0.3 is 0 Å². The van der Waals surface area contributed by atoms with Crippen molar-refractivity contribution in [3.05, 3.63) is 34.5 Å². The predicted octanol–water partition coefficient (Wildman–Crippen LogP) is 2.27. The monoisotopic (exact) mass is 291 g/mol. The lowest BCUT2D eigenvalue weighted by molar-refractivity contribution is 0.753. The molecule has 0 amide bonds. The van der Waals surface area contributed by atoms with Gasteiger partial charge in [0, 0.05) is 30.8 Å². The number of rotatable bonds is 5. The quantitative estimate of drug-likeness (QED) is 0.649. The number of anilines is 1. The SMILES string of the molecule is CCNc1cc(Sc2nccc(=O)[nH]2)nc(C(C)C)n1. The van der Waals surface area contributed by atoms with Gasteiger partial charge in [-0.3, -0.25) is 4.79 Å². The highest BCUT2D eigenvalue weighted by Gasteiger charge is 2.09. The second kappa shape index (κ2) is 6.51. The fourth-order valence-corrected chi connectivity index (χ4v) is 2.30. The van der Waals surface area contributed by atoms with Gasteiger partial charge < -0.3 is 10.3 Å². The van der Waals surface area contributed by atoms with Crippen LogP contribution in [0.3, 0.4) is 0 Å². The molecule has 0 spiro atoms. The van der Waals surface area contributed by atoms with Gasteiger partial charge in [-0.15, -0.1) is 0 Å². The Bertz CT molecular complexity index is 641. The molecule has 2 N–H and O–H groups in total. The van der Waals surface area contributed by atoms with Gasteiger partial charge in [-0.1, -0.05) is 13.8 Å². The molecular weight excluding hydrogens is 274 g/mol. The van der Waals surface area contributed by atoms with E-state index in [0.29, 0.717) is 5.16 Å². The molecule has 0 fully saturated rings. The molecule has 6 nitrogen and oxygen atoms in total. The Kier molecular flexibility index (Phi) is 4.73. The average molecular weight is 291 g/mol. The molecule has 2 aromatic rings. The Labute approximate surface area is 121 Å². The van der Waals surface area contributed by atoms with Crippen molar-refractivity contribution < 1.29 is 0 Å². The topological polar surface area (TPSA) is 83.6 Å². The van der Waals surface area contributed by atoms with E-state index in [1.807, 2.05) is 26.8 Å². The number of H-pyrrole nitrogens is 1. The lowest BCUT2D eigenvalue weighted by Crippen LogP contribution is -2.07. The van der Waals surface area contributed by atoms with Crippen LogP contribution in [0, 0.1) is 0 Å². The summed E-state index contributed by atoms with van der Waals surface area (Å²) in [5.41, 5.74) is -0.174. The molecule has 0 saturated heterocycles. The normalized spacial score (nSPS) is 10.8. The number of aromatic amines is 1. The molecule has 0 unspecified atom stereocenters. The first-order valence-corrected chi connectivity index (χ1v) is 7.26. The predicted molar refractivity (Wildman–Crippen MR) is 79.3 cm³/mol. The van der Waals surface area contributed by atoms with Crippen molar-refractivity contribution in [3.63, 3.8) is 0 Å². The molecule has 0 bridgehead atoms. The van der Waals surface area contributed by atoms with Crippen molar-refractivity contribution in [2.75, 3.05) is 11.9 Å². The second-order valence-electron chi connectivity index (χ2n) is 4.48. The van der Waals surface area contributed by atoms with Gasteiger partial charge in [0.25, 0.3) is 5.56 Å².